The Kier molecular flexibility index (Phi) is 8.79. The van der Waals surface area contributed by atoms with Crippen molar-refractivity contribution in [3.05, 3.63) is 47.6 Å². The first-order valence-corrected chi connectivity index (χ1v) is 5.43. The fourth-order valence-corrected chi connectivity index (χ4v) is 1.38. The van der Waals surface area contributed by atoms with Crippen molar-refractivity contribution in [3.8, 4) is 0 Å². The lowest BCUT2D eigenvalue weighted by Crippen LogP contribution is -1.85. The highest BCUT2D eigenvalue weighted by Crippen LogP contribution is 2.13. The first-order valence-electron chi connectivity index (χ1n) is 5.43. The molecule has 2 nitrogen and oxygen atoms in total. The molecule has 0 saturated carbocycles. The maximum absolute atomic E-state index is 7.06. The molecule has 2 N–H and O–H groups in total. The summed E-state index contributed by atoms with van der Waals surface area (Å²) in [5, 5.41) is 14.1. The molecule has 16 heavy (non-hydrogen) atoms. The third kappa shape index (κ3) is 6.71. The molecule has 0 amide bonds. The summed E-state index contributed by atoms with van der Waals surface area (Å²) in [6.07, 6.45) is 16.0. The highest BCUT2D eigenvalue weighted by molar-refractivity contribution is 5.70. The molecule has 0 fully saturated rings. The molecule has 0 radical (unpaired) electrons. The molecule has 0 spiro atoms. The van der Waals surface area contributed by atoms with Gasteiger partial charge in [-0.2, -0.15) is 0 Å². The second kappa shape index (κ2) is 9.84. The van der Waals surface area contributed by atoms with Gasteiger partial charge in [-0.25, -0.2) is 0 Å². The van der Waals surface area contributed by atoms with Crippen LogP contribution < -0.4 is 0 Å². The molecule has 0 heterocycles. The van der Waals surface area contributed by atoms with Gasteiger partial charge in [0.1, 0.15) is 0 Å². The van der Waals surface area contributed by atoms with E-state index in [0.29, 0.717) is 0 Å². The summed E-state index contributed by atoms with van der Waals surface area (Å²) >= 11 is 0. The molecular formula is C14H20N2. The van der Waals surface area contributed by atoms with Gasteiger partial charge in [-0.15, -0.1) is 0 Å². The molecule has 0 aliphatic carbocycles. The molecule has 2 heteroatoms. The zero-order valence-corrected chi connectivity index (χ0v) is 10.0. The average molecular weight is 216 g/mol. The topological polar surface area (TPSA) is 47.7 Å². The Morgan fingerprint density at radius 3 is 1.44 bits per heavy atom. The smallest absolute Gasteiger partial charge is 0.0180 e. The Morgan fingerprint density at radius 1 is 0.812 bits per heavy atom. The van der Waals surface area contributed by atoms with E-state index in [0.717, 1.165) is 24.0 Å². The monoisotopic (exact) mass is 216 g/mol. The van der Waals surface area contributed by atoms with Gasteiger partial charge < -0.3 is 10.8 Å². The lowest BCUT2D eigenvalue weighted by Gasteiger charge is -2.02. The van der Waals surface area contributed by atoms with Gasteiger partial charge in [-0.05, 0) is 50.0 Å². The maximum atomic E-state index is 7.06. The van der Waals surface area contributed by atoms with Gasteiger partial charge in [-0.3, -0.25) is 0 Å². The van der Waals surface area contributed by atoms with E-state index in [1.165, 1.54) is 12.4 Å². The standard InChI is InChI=1S/C14H20N2/c1-3-5-13(9-11-15)7-8-14(6-4-2)10-12-16/h3-6,9-12,15-16H,7-8H2,1-2H3/b5-3-,6-4-,13-9+,14-10+,15-11?,16-12?. The fraction of sp³-hybridized carbons (Fsp3) is 0.286. The van der Waals surface area contributed by atoms with Crippen molar-refractivity contribution in [1.29, 1.82) is 10.8 Å². The first kappa shape index (κ1) is 14.3. The van der Waals surface area contributed by atoms with Crippen LogP contribution in [0.2, 0.25) is 0 Å². The number of hydrogen-bond acceptors (Lipinski definition) is 2. The molecule has 0 saturated heterocycles. The number of hydrogen-bond donors (Lipinski definition) is 2. The summed E-state index contributed by atoms with van der Waals surface area (Å²) in [7, 11) is 0. The van der Waals surface area contributed by atoms with Crippen LogP contribution in [0.15, 0.2) is 47.6 Å². The predicted molar refractivity (Wildman–Crippen MR) is 72.6 cm³/mol. The van der Waals surface area contributed by atoms with Gasteiger partial charge in [0.25, 0.3) is 0 Å². The van der Waals surface area contributed by atoms with Crippen LogP contribution in [0.5, 0.6) is 0 Å². The van der Waals surface area contributed by atoms with Gasteiger partial charge >= 0.3 is 0 Å². The average Bonchev–Trinajstić information content (AvgIpc) is 2.27. The molecule has 0 atom stereocenters. The lowest BCUT2D eigenvalue weighted by molar-refractivity contribution is 0.972. The van der Waals surface area contributed by atoms with Gasteiger partial charge in [0.15, 0.2) is 0 Å². The fourth-order valence-electron chi connectivity index (χ4n) is 1.38. The van der Waals surface area contributed by atoms with E-state index in [-0.39, 0.29) is 0 Å². The summed E-state index contributed by atoms with van der Waals surface area (Å²) in [6, 6.07) is 0. The van der Waals surface area contributed by atoms with E-state index >= 15 is 0 Å². The first-order chi connectivity index (χ1) is 7.78. The summed E-state index contributed by atoms with van der Waals surface area (Å²) in [5.41, 5.74) is 2.27. The third-order valence-electron chi connectivity index (χ3n) is 2.06. The minimum atomic E-state index is 0.893. The van der Waals surface area contributed by atoms with Crippen LogP contribution in [-0.2, 0) is 0 Å². The van der Waals surface area contributed by atoms with Crippen LogP contribution in [0.4, 0.5) is 0 Å². The van der Waals surface area contributed by atoms with Gasteiger partial charge in [0, 0.05) is 12.4 Å². The van der Waals surface area contributed by atoms with Crippen LogP contribution in [0.1, 0.15) is 26.7 Å². The van der Waals surface area contributed by atoms with Crippen molar-refractivity contribution in [2.24, 2.45) is 0 Å². The lowest BCUT2D eigenvalue weighted by atomic mass is 10.0. The van der Waals surface area contributed by atoms with E-state index in [1.54, 1.807) is 12.2 Å². The highest BCUT2D eigenvalue weighted by Gasteiger charge is 1.95. The van der Waals surface area contributed by atoms with Gasteiger partial charge in [0.05, 0.1) is 0 Å². The van der Waals surface area contributed by atoms with Crippen LogP contribution in [-0.4, -0.2) is 12.4 Å². The molecule has 0 aliphatic rings. The molecular weight excluding hydrogens is 196 g/mol. The summed E-state index contributed by atoms with van der Waals surface area (Å²) in [4.78, 5) is 0. The second-order valence-electron chi connectivity index (χ2n) is 3.32. The number of allylic oxidation sites excluding steroid dienone is 8. The van der Waals surface area contributed by atoms with Crippen molar-refractivity contribution < 1.29 is 0 Å². The number of nitrogens with one attached hydrogen (secondary N) is 2. The minimum absolute atomic E-state index is 0.893. The zero-order valence-electron chi connectivity index (χ0n) is 10.0. The van der Waals surface area contributed by atoms with Gasteiger partial charge in [-0.1, -0.05) is 24.3 Å². The molecule has 0 bridgehead atoms. The molecule has 0 rings (SSSR count). The van der Waals surface area contributed by atoms with E-state index in [4.69, 9.17) is 10.8 Å². The van der Waals surface area contributed by atoms with E-state index in [9.17, 15) is 0 Å². The Labute approximate surface area is 98.1 Å². The summed E-state index contributed by atoms with van der Waals surface area (Å²) in [6.45, 7) is 3.94. The molecule has 0 aromatic rings. The summed E-state index contributed by atoms with van der Waals surface area (Å²) < 4.78 is 0. The van der Waals surface area contributed by atoms with E-state index < -0.39 is 0 Å². The normalized spacial score (nSPS) is 13.6. The summed E-state index contributed by atoms with van der Waals surface area (Å²) in [5.74, 6) is 0. The largest absolute Gasteiger partial charge is 0.309 e. The van der Waals surface area contributed by atoms with Crippen molar-refractivity contribution in [3.63, 3.8) is 0 Å². The van der Waals surface area contributed by atoms with Crippen molar-refractivity contribution in [2.45, 2.75) is 26.7 Å². The SMILES string of the molecule is C/C=C\C(=C/C=N)CCC(/C=C\C)=C/C=N. The highest BCUT2D eigenvalue weighted by atomic mass is 14.3. The van der Waals surface area contributed by atoms with E-state index in [1.807, 2.05) is 38.2 Å². The molecule has 0 aromatic heterocycles. The van der Waals surface area contributed by atoms with Crippen LogP contribution >= 0.6 is 0 Å². The van der Waals surface area contributed by atoms with Crippen LogP contribution in [0.25, 0.3) is 0 Å². The Balaban J connectivity index is 4.49. The molecule has 86 valence electrons. The zero-order chi connectivity index (χ0) is 12.2. The predicted octanol–water partition coefficient (Wildman–Crippen LogP) is 4.07. The third-order valence-corrected chi connectivity index (χ3v) is 2.06. The molecule has 0 unspecified atom stereocenters. The maximum Gasteiger partial charge on any atom is 0.0180 e. The van der Waals surface area contributed by atoms with Crippen molar-refractivity contribution >= 4 is 12.4 Å². The van der Waals surface area contributed by atoms with Crippen LogP contribution in [0.3, 0.4) is 0 Å². The Bertz CT molecular complexity index is 297. The number of rotatable bonds is 7. The second-order valence-corrected chi connectivity index (χ2v) is 3.32. The van der Waals surface area contributed by atoms with Gasteiger partial charge in [0.2, 0.25) is 0 Å². The Hall–Kier alpha value is -1.70. The minimum Gasteiger partial charge on any atom is -0.309 e. The molecule has 0 aliphatic heterocycles. The van der Waals surface area contributed by atoms with Crippen LogP contribution in [0, 0.1) is 10.8 Å². The quantitative estimate of drug-likeness (QED) is 0.476. The van der Waals surface area contributed by atoms with E-state index in [2.05, 4.69) is 0 Å². The van der Waals surface area contributed by atoms with Crippen molar-refractivity contribution in [2.75, 3.05) is 0 Å². The Morgan fingerprint density at radius 2 is 1.19 bits per heavy atom. The molecule has 0 aromatic carbocycles. The van der Waals surface area contributed by atoms with Crippen molar-refractivity contribution in [1.82, 2.24) is 0 Å².